The van der Waals surface area contributed by atoms with Gasteiger partial charge in [-0.2, -0.15) is 0 Å². The summed E-state index contributed by atoms with van der Waals surface area (Å²) in [6.45, 7) is 5.63. The first kappa shape index (κ1) is 8.76. The molecule has 0 fully saturated rings. The van der Waals surface area contributed by atoms with E-state index in [0.29, 0.717) is 12.3 Å². The number of thiol groups is 1. The summed E-state index contributed by atoms with van der Waals surface area (Å²) in [5.41, 5.74) is 0. The summed E-state index contributed by atoms with van der Waals surface area (Å²) in [6.07, 6.45) is 3.26. The largest absolute Gasteiger partial charge is 0.288 e. The summed E-state index contributed by atoms with van der Waals surface area (Å²) in [5, 5.41) is -0.0382. The van der Waals surface area contributed by atoms with Gasteiger partial charge in [0.15, 0.2) is 5.12 Å². The van der Waals surface area contributed by atoms with Crippen LogP contribution in [0.15, 0.2) is 12.7 Å². The molecule has 1 nitrogen and oxygen atoms in total. The van der Waals surface area contributed by atoms with Gasteiger partial charge in [0.2, 0.25) is 0 Å². The highest BCUT2D eigenvalue weighted by Crippen LogP contribution is 2.06. The van der Waals surface area contributed by atoms with Crippen LogP contribution in [0, 0.1) is 5.92 Å². The number of hydrogen-bond acceptors (Lipinski definition) is 1. The van der Waals surface area contributed by atoms with Gasteiger partial charge in [0.1, 0.15) is 0 Å². The third kappa shape index (κ3) is 5.63. The van der Waals surface area contributed by atoms with Crippen LogP contribution in [0.1, 0.15) is 19.8 Å². The Balaban J connectivity index is 3.26. The van der Waals surface area contributed by atoms with Gasteiger partial charge < -0.3 is 0 Å². The maximum atomic E-state index is 10.3. The zero-order valence-corrected chi connectivity index (χ0v) is 6.53. The van der Waals surface area contributed by atoms with Gasteiger partial charge >= 0.3 is 0 Å². The Morgan fingerprint density at radius 3 is 2.78 bits per heavy atom. The summed E-state index contributed by atoms with van der Waals surface area (Å²) in [7, 11) is 0. The molecule has 9 heavy (non-hydrogen) atoms. The van der Waals surface area contributed by atoms with E-state index in [2.05, 4.69) is 19.2 Å². The number of allylic oxidation sites excluding steroid dienone is 1. The minimum atomic E-state index is -0.0382. The highest BCUT2D eigenvalue weighted by molar-refractivity contribution is 7.96. The van der Waals surface area contributed by atoms with Gasteiger partial charge in [-0.15, -0.1) is 19.2 Å². The minimum Gasteiger partial charge on any atom is -0.288 e. The first-order valence-electron chi connectivity index (χ1n) is 3.01. The predicted molar refractivity (Wildman–Crippen MR) is 42.6 cm³/mol. The van der Waals surface area contributed by atoms with Gasteiger partial charge in [0.25, 0.3) is 0 Å². The van der Waals surface area contributed by atoms with Crippen molar-refractivity contribution in [3.05, 3.63) is 12.7 Å². The molecular formula is C7H12OS. The van der Waals surface area contributed by atoms with Crippen molar-refractivity contribution >= 4 is 17.7 Å². The van der Waals surface area contributed by atoms with Crippen LogP contribution >= 0.6 is 12.6 Å². The van der Waals surface area contributed by atoms with Gasteiger partial charge in [-0.1, -0.05) is 13.0 Å². The Morgan fingerprint density at radius 2 is 2.44 bits per heavy atom. The zero-order valence-electron chi connectivity index (χ0n) is 5.63. The van der Waals surface area contributed by atoms with Crippen LogP contribution in [0.5, 0.6) is 0 Å². The second-order valence-corrected chi connectivity index (χ2v) is 2.64. The van der Waals surface area contributed by atoms with E-state index < -0.39 is 0 Å². The fourth-order valence-electron chi connectivity index (χ4n) is 0.469. The lowest BCUT2D eigenvalue weighted by atomic mass is 10.1. The second kappa shape index (κ2) is 4.62. The number of carbonyl (C=O) groups is 1. The molecule has 0 aromatic rings. The molecule has 0 saturated heterocycles. The molecule has 0 radical (unpaired) electrons. The predicted octanol–water partition coefficient (Wildman–Crippen LogP) is 2.05. The van der Waals surface area contributed by atoms with Gasteiger partial charge in [0.05, 0.1) is 0 Å². The second-order valence-electron chi connectivity index (χ2n) is 2.15. The molecule has 0 aliphatic rings. The summed E-state index contributed by atoms with van der Waals surface area (Å²) >= 11 is 3.64. The fourth-order valence-corrected chi connectivity index (χ4v) is 0.598. The van der Waals surface area contributed by atoms with E-state index in [4.69, 9.17) is 0 Å². The van der Waals surface area contributed by atoms with E-state index in [1.54, 1.807) is 0 Å². The smallest absolute Gasteiger partial charge is 0.185 e. The summed E-state index contributed by atoms with van der Waals surface area (Å²) < 4.78 is 0. The third-order valence-electron chi connectivity index (χ3n) is 1.22. The molecule has 0 amide bonds. The number of rotatable bonds is 4. The maximum absolute atomic E-state index is 10.3. The monoisotopic (exact) mass is 144 g/mol. The maximum Gasteiger partial charge on any atom is 0.185 e. The van der Waals surface area contributed by atoms with Crippen LogP contribution in [0.25, 0.3) is 0 Å². The molecule has 0 bridgehead atoms. The normalized spacial score (nSPS) is 12.7. The van der Waals surface area contributed by atoms with Gasteiger partial charge in [0, 0.05) is 6.42 Å². The van der Waals surface area contributed by atoms with Gasteiger partial charge in [-0.3, -0.25) is 4.79 Å². The van der Waals surface area contributed by atoms with E-state index >= 15 is 0 Å². The van der Waals surface area contributed by atoms with E-state index in [0.717, 1.165) is 6.42 Å². The SMILES string of the molecule is C=CC(C)CCC(=O)S. The molecule has 52 valence electrons. The molecule has 0 aliphatic carbocycles. The van der Waals surface area contributed by atoms with Crippen molar-refractivity contribution in [3.8, 4) is 0 Å². The molecule has 0 N–H and O–H groups in total. The first-order chi connectivity index (χ1) is 4.16. The Morgan fingerprint density at radius 1 is 1.89 bits per heavy atom. The van der Waals surface area contributed by atoms with Gasteiger partial charge in [-0.05, 0) is 12.3 Å². The van der Waals surface area contributed by atoms with E-state index in [1.807, 2.05) is 13.0 Å². The Labute approximate surface area is 61.6 Å². The summed E-state index contributed by atoms with van der Waals surface area (Å²) in [5.74, 6) is 0.432. The van der Waals surface area contributed by atoms with Crippen LogP contribution in [-0.4, -0.2) is 5.12 Å². The Kier molecular flexibility index (Phi) is 4.50. The van der Waals surface area contributed by atoms with E-state index in [-0.39, 0.29) is 5.12 Å². The third-order valence-corrected chi connectivity index (χ3v) is 1.44. The van der Waals surface area contributed by atoms with E-state index in [9.17, 15) is 4.79 Å². The first-order valence-corrected chi connectivity index (χ1v) is 3.46. The standard InChI is InChI=1S/C7H12OS/c1-3-6(2)4-5-7(8)9/h3,6H,1,4-5H2,2H3,(H,8,9). The van der Waals surface area contributed by atoms with Crippen LogP contribution in [0.4, 0.5) is 0 Å². The van der Waals surface area contributed by atoms with Crippen molar-refractivity contribution in [1.82, 2.24) is 0 Å². The molecule has 0 aromatic heterocycles. The lowest BCUT2D eigenvalue weighted by molar-refractivity contribution is -0.111. The number of carbonyl (C=O) groups excluding carboxylic acids is 1. The topological polar surface area (TPSA) is 17.1 Å². The van der Waals surface area contributed by atoms with Crippen molar-refractivity contribution in [1.29, 1.82) is 0 Å². The molecule has 0 rings (SSSR count). The zero-order chi connectivity index (χ0) is 7.28. The lowest BCUT2D eigenvalue weighted by Crippen LogP contribution is -1.92. The molecule has 0 aliphatic heterocycles. The fraction of sp³-hybridized carbons (Fsp3) is 0.571. The minimum absolute atomic E-state index is 0.0382. The average Bonchev–Trinajstić information content (AvgIpc) is 1.83. The number of hydrogen-bond donors (Lipinski definition) is 1. The van der Waals surface area contributed by atoms with Crippen molar-refractivity contribution < 1.29 is 4.79 Å². The van der Waals surface area contributed by atoms with Crippen molar-refractivity contribution in [2.75, 3.05) is 0 Å². The van der Waals surface area contributed by atoms with Crippen molar-refractivity contribution in [2.45, 2.75) is 19.8 Å². The van der Waals surface area contributed by atoms with Crippen LogP contribution in [-0.2, 0) is 4.79 Å². The van der Waals surface area contributed by atoms with Crippen molar-refractivity contribution in [2.24, 2.45) is 5.92 Å². The van der Waals surface area contributed by atoms with Crippen LogP contribution in [0.3, 0.4) is 0 Å². The molecule has 0 aromatic carbocycles. The Hall–Kier alpha value is -0.240. The van der Waals surface area contributed by atoms with Crippen LogP contribution < -0.4 is 0 Å². The van der Waals surface area contributed by atoms with Crippen molar-refractivity contribution in [3.63, 3.8) is 0 Å². The highest BCUT2D eigenvalue weighted by atomic mass is 32.1. The van der Waals surface area contributed by atoms with Gasteiger partial charge in [-0.25, -0.2) is 0 Å². The van der Waals surface area contributed by atoms with E-state index in [1.165, 1.54) is 0 Å². The lowest BCUT2D eigenvalue weighted by Gasteiger charge is -2.00. The van der Waals surface area contributed by atoms with Crippen LogP contribution in [0.2, 0.25) is 0 Å². The molecule has 0 spiro atoms. The average molecular weight is 144 g/mol. The molecular weight excluding hydrogens is 132 g/mol. The summed E-state index contributed by atoms with van der Waals surface area (Å²) in [6, 6.07) is 0. The molecule has 1 atom stereocenters. The molecule has 1 unspecified atom stereocenters. The highest BCUT2D eigenvalue weighted by Gasteiger charge is 1.98. The molecule has 0 heterocycles. The molecule has 0 saturated carbocycles. The molecule has 2 heteroatoms. The Bertz CT molecular complexity index is 109. The summed E-state index contributed by atoms with van der Waals surface area (Å²) in [4.78, 5) is 10.3. The quantitative estimate of drug-likeness (QED) is 0.472.